The Bertz CT molecular complexity index is 1060. The molecule has 30 heavy (non-hydrogen) atoms. The zero-order chi connectivity index (χ0) is 20.9. The van der Waals surface area contributed by atoms with Gasteiger partial charge in [-0.1, -0.05) is 30.3 Å². The van der Waals surface area contributed by atoms with Gasteiger partial charge in [-0.25, -0.2) is 4.98 Å². The molecule has 1 aliphatic rings. The Morgan fingerprint density at radius 3 is 2.57 bits per heavy atom. The van der Waals surface area contributed by atoms with E-state index in [-0.39, 0.29) is 17.7 Å². The van der Waals surface area contributed by atoms with Gasteiger partial charge < -0.3 is 10.3 Å². The molecule has 0 bridgehead atoms. The lowest BCUT2D eigenvalue weighted by Gasteiger charge is -2.13. The minimum Gasteiger partial charge on any atom is -0.352 e. The van der Waals surface area contributed by atoms with Crippen LogP contribution in [0.2, 0.25) is 0 Å². The third-order valence-electron chi connectivity index (χ3n) is 5.16. The van der Waals surface area contributed by atoms with Crippen molar-refractivity contribution in [3.05, 3.63) is 89.0 Å². The van der Waals surface area contributed by atoms with E-state index in [2.05, 4.69) is 15.3 Å². The van der Waals surface area contributed by atoms with Crippen molar-refractivity contribution >= 4 is 17.7 Å². The molecule has 2 aromatic carbocycles. The van der Waals surface area contributed by atoms with Crippen molar-refractivity contribution in [2.75, 3.05) is 13.1 Å². The highest BCUT2D eigenvalue weighted by Gasteiger charge is 2.35. The Kier molecular flexibility index (Phi) is 5.70. The van der Waals surface area contributed by atoms with Crippen molar-refractivity contribution in [2.24, 2.45) is 0 Å². The van der Waals surface area contributed by atoms with Gasteiger partial charge in [0.25, 0.3) is 17.7 Å². The minimum absolute atomic E-state index is 0.278. The normalized spacial score (nSPS) is 12.9. The quantitative estimate of drug-likeness (QED) is 0.566. The fourth-order valence-electron chi connectivity index (χ4n) is 3.56. The van der Waals surface area contributed by atoms with E-state index < -0.39 is 0 Å². The molecule has 1 aromatic heterocycles. The van der Waals surface area contributed by atoms with E-state index in [1.54, 1.807) is 24.7 Å². The number of H-pyrrole nitrogens is 1. The van der Waals surface area contributed by atoms with Crippen LogP contribution in [0.15, 0.2) is 61.1 Å². The molecule has 4 rings (SSSR count). The predicted molar refractivity (Wildman–Crippen MR) is 111 cm³/mol. The number of carbonyl (C=O) groups excluding carboxylic acids is 3. The molecule has 0 saturated heterocycles. The van der Waals surface area contributed by atoms with Gasteiger partial charge in [-0.05, 0) is 36.6 Å². The largest absolute Gasteiger partial charge is 0.352 e. The zero-order valence-corrected chi connectivity index (χ0v) is 16.4. The van der Waals surface area contributed by atoms with Crippen LogP contribution in [0.5, 0.6) is 0 Å². The molecular weight excluding hydrogens is 380 g/mol. The van der Waals surface area contributed by atoms with Gasteiger partial charge in [-0.15, -0.1) is 0 Å². The second-order valence-corrected chi connectivity index (χ2v) is 7.19. The molecule has 3 amide bonds. The van der Waals surface area contributed by atoms with Crippen LogP contribution in [-0.4, -0.2) is 45.7 Å². The van der Waals surface area contributed by atoms with Gasteiger partial charge in [-0.3, -0.25) is 19.3 Å². The number of benzene rings is 2. The molecule has 0 fully saturated rings. The Labute approximate surface area is 174 Å². The summed E-state index contributed by atoms with van der Waals surface area (Å²) >= 11 is 0. The van der Waals surface area contributed by atoms with E-state index in [1.807, 2.05) is 30.3 Å². The summed E-state index contributed by atoms with van der Waals surface area (Å²) in [5, 5.41) is 2.82. The van der Waals surface area contributed by atoms with Gasteiger partial charge in [0.15, 0.2) is 0 Å². The lowest BCUT2D eigenvalue weighted by molar-refractivity contribution is 0.0652. The number of amides is 3. The number of hydrogen-bond acceptors (Lipinski definition) is 4. The van der Waals surface area contributed by atoms with Crippen molar-refractivity contribution in [3.8, 4) is 0 Å². The lowest BCUT2D eigenvalue weighted by atomic mass is 10.1. The Morgan fingerprint density at radius 1 is 1.00 bits per heavy atom. The molecule has 7 nitrogen and oxygen atoms in total. The number of hydrogen-bond donors (Lipinski definition) is 2. The highest BCUT2D eigenvalue weighted by atomic mass is 16.2. The van der Waals surface area contributed by atoms with Crippen molar-refractivity contribution in [1.29, 1.82) is 0 Å². The molecule has 2 heterocycles. The number of imidazole rings is 1. The monoisotopic (exact) mass is 402 g/mol. The van der Waals surface area contributed by atoms with E-state index in [4.69, 9.17) is 0 Å². The summed E-state index contributed by atoms with van der Waals surface area (Å²) in [6.07, 6.45) is 5.40. The second-order valence-electron chi connectivity index (χ2n) is 7.19. The first kappa shape index (κ1) is 19.6. The number of nitrogens with zero attached hydrogens (tertiary/aromatic N) is 2. The van der Waals surface area contributed by atoms with Crippen LogP contribution in [0.25, 0.3) is 0 Å². The molecule has 152 valence electrons. The first-order valence-corrected chi connectivity index (χ1v) is 9.93. The molecular formula is C23H22N4O3. The number of fused-ring (bicyclic) bond motifs is 1. The van der Waals surface area contributed by atoms with E-state index >= 15 is 0 Å². The maximum atomic E-state index is 12.8. The Morgan fingerprint density at radius 2 is 1.80 bits per heavy atom. The molecule has 3 aromatic rings. The van der Waals surface area contributed by atoms with Crippen LogP contribution in [-0.2, 0) is 12.8 Å². The number of rotatable bonds is 8. The average Bonchev–Trinajstić information content (AvgIpc) is 3.37. The summed E-state index contributed by atoms with van der Waals surface area (Å²) in [5.74, 6) is -0.912. The van der Waals surface area contributed by atoms with Crippen molar-refractivity contribution in [3.63, 3.8) is 0 Å². The maximum absolute atomic E-state index is 12.8. The van der Waals surface area contributed by atoms with Crippen molar-refractivity contribution in [1.82, 2.24) is 20.2 Å². The summed E-state index contributed by atoms with van der Waals surface area (Å²) in [7, 11) is 0. The van der Waals surface area contributed by atoms with E-state index in [9.17, 15) is 14.4 Å². The van der Waals surface area contributed by atoms with E-state index in [1.165, 1.54) is 16.5 Å². The van der Waals surface area contributed by atoms with Crippen LogP contribution in [0, 0.1) is 0 Å². The highest BCUT2D eigenvalue weighted by molar-refractivity contribution is 6.22. The van der Waals surface area contributed by atoms with Gasteiger partial charge in [-0.2, -0.15) is 0 Å². The smallest absolute Gasteiger partial charge is 0.261 e. The molecule has 0 spiro atoms. The first-order chi connectivity index (χ1) is 14.6. The SMILES string of the molecule is O=C(NCCc1cnc[nH]1)c1ccc2c(c1)C(=O)N(CCCc1ccccc1)C2=O. The Balaban J connectivity index is 1.36. The third kappa shape index (κ3) is 4.15. The second kappa shape index (κ2) is 8.73. The average molecular weight is 402 g/mol. The molecule has 7 heteroatoms. The lowest BCUT2D eigenvalue weighted by Crippen LogP contribution is -2.31. The molecule has 0 radical (unpaired) electrons. The number of imide groups is 1. The zero-order valence-electron chi connectivity index (χ0n) is 16.4. The molecule has 1 aliphatic heterocycles. The van der Waals surface area contributed by atoms with Gasteiger partial charge in [0, 0.05) is 37.0 Å². The first-order valence-electron chi connectivity index (χ1n) is 9.93. The fourth-order valence-corrected chi connectivity index (χ4v) is 3.56. The maximum Gasteiger partial charge on any atom is 0.261 e. The highest BCUT2D eigenvalue weighted by Crippen LogP contribution is 2.24. The molecule has 2 N–H and O–H groups in total. The van der Waals surface area contributed by atoms with Gasteiger partial charge in [0.05, 0.1) is 17.5 Å². The minimum atomic E-state index is -0.338. The number of aryl methyl sites for hydroxylation is 1. The van der Waals surface area contributed by atoms with Crippen molar-refractivity contribution < 1.29 is 14.4 Å². The predicted octanol–water partition coefficient (Wildman–Crippen LogP) is 2.61. The molecule has 0 atom stereocenters. The molecule has 0 aliphatic carbocycles. The number of aromatic amines is 1. The topological polar surface area (TPSA) is 95.2 Å². The summed E-state index contributed by atoms with van der Waals surface area (Å²) in [6, 6.07) is 14.6. The van der Waals surface area contributed by atoms with Gasteiger partial charge in [0.1, 0.15) is 0 Å². The van der Waals surface area contributed by atoms with Crippen LogP contribution in [0.4, 0.5) is 0 Å². The summed E-state index contributed by atoms with van der Waals surface area (Å²) in [4.78, 5) is 46.0. The van der Waals surface area contributed by atoms with Crippen LogP contribution in [0.1, 0.15) is 48.8 Å². The van der Waals surface area contributed by atoms with Gasteiger partial charge >= 0.3 is 0 Å². The van der Waals surface area contributed by atoms with Crippen molar-refractivity contribution in [2.45, 2.75) is 19.3 Å². The van der Waals surface area contributed by atoms with E-state index in [0.29, 0.717) is 42.6 Å². The summed E-state index contributed by atoms with van der Waals surface area (Å²) < 4.78 is 0. The number of aromatic nitrogens is 2. The standard InChI is InChI=1S/C23H22N4O3/c28-21(25-11-10-18-14-24-15-26-18)17-8-9-19-20(13-17)23(30)27(22(19)29)12-4-7-16-5-2-1-3-6-16/h1-3,5-6,8-9,13-15H,4,7,10-12H2,(H,24,26)(H,25,28). The Hall–Kier alpha value is -3.74. The van der Waals surface area contributed by atoms with Crippen LogP contribution in [0.3, 0.4) is 0 Å². The molecule has 0 unspecified atom stereocenters. The van der Waals surface area contributed by atoms with Crippen LogP contribution >= 0.6 is 0 Å². The summed E-state index contributed by atoms with van der Waals surface area (Å²) in [5.41, 5.74) is 3.11. The molecule has 0 saturated carbocycles. The number of nitrogens with one attached hydrogen (secondary N) is 2. The van der Waals surface area contributed by atoms with Gasteiger partial charge in [0.2, 0.25) is 0 Å². The van der Waals surface area contributed by atoms with E-state index in [0.717, 1.165) is 12.1 Å². The van der Waals surface area contributed by atoms with Crippen LogP contribution < -0.4 is 5.32 Å². The summed E-state index contributed by atoms with van der Waals surface area (Å²) in [6.45, 7) is 0.795. The third-order valence-corrected chi connectivity index (χ3v) is 5.16. The number of carbonyl (C=O) groups is 3. The fraction of sp³-hybridized carbons (Fsp3) is 0.217.